The fourth-order valence-electron chi connectivity index (χ4n) is 2.60. The summed E-state index contributed by atoms with van der Waals surface area (Å²) in [7, 11) is 0. The molecule has 0 spiro atoms. The molecule has 0 amide bonds. The summed E-state index contributed by atoms with van der Waals surface area (Å²) in [5.41, 5.74) is 2.88. The van der Waals surface area contributed by atoms with Crippen molar-refractivity contribution in [1.82, 2.24) is 5.32 Å². The van der Waals surface area contributed by atoms with Gasteiger partial charge < -0.3 is 5.32 Å². The van der Waals surface area contributed by atoms with Crippen molar-refractivity contribution in [1.29, 1.82) is 0 Å². The number of rotatable bonds is 3. The average Bonchev–Trinajstić information content (AvgIpc) is 2.30. The van der Waals surface area contributed by atoms with Crippen LogP contribution in [0, 0.1) is 5.92 Å². The Hall–Kier alpha value is -0.340. The number of hydrogen-bond acceptors (Lipinski definition) is 1. The van der Waals surface area contributed by atoms with Crippen LogP contribution in [-0.4, -0.2) is 13.1 Å². The quantitative estimate of drug-likeness (QED) is 0.885. The van der Waals surface area contributed by atoms with Gasteiger partial charge in [-0.25, -0.2) is 0 Å². The van der Waals surface area contributed by atoms with Crippen molar-refractivity contribution in [2.45, 2.75) is 39.0 Å². The summed E-state index contributed by atoms with van der Waals surface area (Å²) in [5.74, 6) is 1.41. The molecule has 0 aromatic heterocycles. The molecule has 1 heterocycles. The zero-order valence-electron chi connectivity index (χ0n) is 10.8. The Morgan fingerprint density at radius 2 is 2.24 bits per heavy atom. The molecule has 1 saturated heterocycles. The highest BCUT2D eigenvalue weighted by molar-refractivity contribution is 9.10. The normalized spacial score (nSPS) is 20.8. The number of hydrogen-bond donors (Lipinski definition) is 1. The number of halogens is 1. The minimum absolute atomic E-state index is 0.592. The first-order chi connectivity index (χ1) is 8.16. The maximum absolute atomic E-state index is 3.70. The van der Waals surface area contributed by atoms with Gasteiger partial charge in [-0.05, 0) is 61.4 Å². The van der Waals surface area contributed by atoms with Crippen LogP contribution in [0.5, 0.6) is 0 Å². The van der Waals surface area contributed by atoms with Gasteiger partial charge in [-0.15, -0.1) is 0 Å². The zero-order chi connectivity index (χ0) is 12.3. The first-order valence-corrected chi connectivity index (χ1v) is 7.45. The highest BCUT2D eigenvalue weighted by atomic mass is 79.9. The number of benzene rings is 1. The van der Waals surface area contributed by atoms with E-state index in [2.05, 4.69) is 53.3 Å². The Morgan fingerprint density at radius 3 is 2.82 bits per heavy atom. The van der Waals surface area contributed by atoms with E-state index in [1.807, 2.05) is 0 Å². The Bertz CT molecular complexity index is 367. The number of nitrogens with one attached hydrogen (secondary N) is 1. The highest BCUT2D eigenvalue weighted by Crippen LogP contribution is 2.27. The Balaban J connectivity index is 2.04. The van der Waals surface area contributed by atoms with E-state index in [0.717, 1.165) is 5.92 Å². The lowest BCUT2D eigenvalue weighted by Crippen LogP contribution is -2.30. The van der Waals surface area contributed by atoms with Crippen LogP contribution in [0.1, 0.15) is 43.7 Å². The van der Waals surface area contributed by atoms with Gasteiger partial charge in [0, 0.05) is 4.47 Å². The molecule has 0 radical (unpaired) electrons. The Morgan fingerprint density at radius 1 is 1.41 bits per heavy atom. The summed E-state index contributed by atoms with van der Waals surface area (Å²) in [6.07, 6.45) is 3.91. The van der Waals surface area contributed by atoms with Crippen LogP contribution in [-0.2, 0) is 6.42 Å². The molecule has 17 heavy (non-hydrogen) atoms. The molecular formula is C15H22BrN. The smallest absolute Gasteiger partial charge is 0.0212 e. The summed E-state index contributed by atoms with van der Waals surface area (Å²) in [6, 6.07) is 6.89. The van der Waals surface area contributed by atoms with Crippen molar-refractivity contribution >= 4 is 15.9 Å². The molecule has 1 aliphatic heterocycles. The van der Waals surface area contributed by atoms with Crippen LogP contribution in [0.3, 0.4) is 0 Å². The summed E-state index contributed by atoms with van der Waals surface area (Å²) >= 11 is 3.70. The average molecular weight is 296 g/mol. The molecule has 0 bridgehead atoms. The van der Waals surface area contributed by atoms with Gasteiger partial charge >= 0.3 is 0 Å². The first-order valence-electron chi connectivity index (χ1n) is 6.66. The molecular weight excluding hydrogens is 274 g/mol. The van der Waals surface area contributed by atoms with Gasteiger partial charge in [0.1, 0.15) is 0 Å². The van der Waals surface area contributed by atoms with Gasteiger partial charge in [0.15, 0.2) is 0 Å². The minimum atomic E-state index is 0.592. The number of piperidine rings is 1. The molecule has 1 atom stereocenters. The largest absolute Gasteiger partial charge is 0.316 e. The van der Waals surface area contributed by atoms with Crippen LogP contribution in [0.25, 0.3) is 0 Å². The Labute approximate surface area is 113 Å². The molecule has 1 aromatic rings. The van der Waals surface area contributed by atoms with Gasteiger partial charge in [-0.2, -0.15) is 0 Å². The first kappa shape index (κ1) is 13.1. The lowest BCUT2D eigenvalue weighted by atomic mass is 9.91. The minimum Gasteiger partial charge on any atom is -0.316 e. The van der Waals surface area contributed by atoms with E-state index < -0.39 is 0 Å². The third-order valence-corrected chi connectivity index (χ3v) is 4.30. The van der Waals surface area contributed by atoms with Gasteiger partial charge in [0.05, 0.1) is 0 Å². The van der Waals surface area contributed by atoms with Crippen molar-refractivity contribution in [3.63, 3.8) is 0 Å². The molecule has 0 aliphatic carbocycles. The van der Waals surface area contributed by atoms with E-state index in [1.54, 1.807) is 0 Å². The standard InChI is InChI=1S/C15H22BrN/c1-11(2)14-6-5-12(9-15(14)16)8-13-4-3-7-17-10-13/h5-6,9,11,13,17H,3-4,7-8,10H2,1-2H3. The monoisotopic (exact) mass is 295 g/mol. The summed E-state index contributed by atoms with van der Waals surface area (Å²) in [4.78, 5) is 0. The van der Waals surface area contributed by atoms with Crippen molar-refractivity contribution in [2.75, 3.05) is 13.1 Å². The molecule has 1 aliphatic rings. The van der Waals surface area contributed by atoms with Crippen LogP contribution in [0.15, 0.2) is 22.7 Å². The molecule has 0 saturated carbocycles. The van der Waals surface area contributed by atoms with E-state index in [-0.39, 0.29) is 0 Å². The second-order valence-electron chi connectivity index (χ2n) is 5.43. The van der Waals surface area contributed by atoms with E-state index in [9.17, 15) is 0 Å². The molecule has 1 nitrogen and oxygen atoms in total. The SMILES string of the molecule is CC(C)c1ccc(CC2CCCNC2)cc1Br. The van der Waals surface area contributed by atoms with E-state index >= 15 is 0 Å². The molecule has 1 fully saturated rings. The maximum atomic E-state index is 3.70. The third kappa shape index (κ3) is 3.56. The third-order valence-electron chi connectivity index (χ3n) is 3.61. The molecule has 2 rings (SSSR count). The predicted molar refractivity (Wildman–Crippen MR) is 77.5 cm³/mol. The van der Waals surface area contributed by atoms with Crippen molar-refractivity contribution in [3.05, 3.63) is 33.8 Å². The van der Waals surface area contributed by atoms with Crippen molar-refractivity contribution in [2.24, 2.45) is 5.92 Å². The predicted octanol–water partition coefficient (Wildman–Crippen LogP) is 4.11. The van der Waals surface area contributed by atoms with Crippen LogP contribution in [0.2, 0.25) is 0 Å². The van der Waals surface area contributed by atoms with Crippen LogP contribution in [0.4, 0.5) is 0 Å². The van der Waals surface area contributed by atoms with Crippen LogP contribution >= 0.6 is 15.9 Å². The van der Waals surface area contributed by atoms with Gasteiger partial charge in [0.2, 0.25) is 0 Å². The lowest BCUT2D eigenvalue weighted by molar-refractivity contribution is 0.376. The van der Waals surface area contributed by atoms with E-state index in [1.165, 1.54) is 48.0 Å². The van der Waals surface area contributed by atoms with Crippen molar-refractivity contribution < 1.29 is 0 Å². The van der Waals surface area contributed by atoms with E-state index in [0.29, 0.717) is 5.92 Å². The second-order valence-corrected chi connectivity index (χ2v) is 6.28. The van der Waals surface area contributed by atoms with Gasteiger partial charge in [-0.3, -0.25) is 0 Å². The molecule has 94 valence electrons. The summed E-state index contributed by atoms with van der Waals surface area (Å²) in [5, 5.41) is 3.49. The molecule has 2 heteroatoms. The van der Waals surface area contributed by atoms with E-state index in [4.69, 9.17) is 0 Å². The summed E-state index contributed by atoms with van der Waals surface area (Å²) < 4.78 is 1.27. The van der Waals surface area contributed by atoms with Gasteiger partial charge in [-0.1, -0.05) is 41.9 Å². The highest BCUT2D eigenvalue weighted by Gasteiger charge is 2.14. The maximum Gasteiger partial charge on any atom is 0.0212 e. The molecule has 1 N–H and O–H groups in total. The zero-order valence-corrected chi connectivity index (χ0v) is 12.4. The lowest BCUT2D eigenvalue weighted by Gasteiger charge is -2.23. The van der Waals surface area contributed by atoms with Gasteiger partial charge in [0.25, 0.3) is 0 Å². The fourth-order valence-corrected chi connectivity index (χ4v) is 3.48. The summed E-state index contributed by atoms with van der Waals surface area (Å²) in [6.45, 7) is 6.87. The fraction of sp³-hybridized carbons (Fsp3) is 0.600. The van der Waals surface area contributed by atoms with Crippen LogP contribution < -0.4 is 5.32 Å². The topological polar surface area (TPSA) is 12.0 Å². The van der Waals surface area contributed by atoms with Crippen molar-refractivity contribution in [3.8, 4) is 0 Å². The second kappa shape index (κ2) is 6.01. The molecule has 1 aromatic carbocycles. The Kier molecular flexibility index (Phi) is 4.63. The molecule has 1 unspecified atom stereocenters.